The van der Waals surface area contributed by atoms with Crippen molar-refractivity contribution in [2.75, 3.05) is 0 Å². The lowest BCUT2D eigenvalue weighted by molar-refractivity contribution is -0.118. The number of rotatable bonds is 12. The van der Waals surface area contributed by atoms with Gasteiger partial charge in [0.1, 0.15) is 6.26 Å². The van der Waals surface area contributed by atoms with Gasteiger partial charge in [0.15, 0.2) is 5.89 Å². The molecular weight excluding hydrogens is 326 g/mol. The van der Waals surface area contributed by atoms with Crippen LogP contribution < -0.4 is 11.1 Å². The lowest BCUT2D eigenvalue weighted by atomic mass is 9.84. The highest BCUT2D eigenvalue weighted by Gasteiger charge is 2.21. The Morgan fingerprint density at radius 2 is 2.04 bits per heavy atom. The van der Waals surface area contributed by atoms with Crippen molar-refractivity contribution < 1.29 is 9.21 Å². The minimum Gasteiger partial charge on any atom is -0.448 e. The second-order valence-corrected chi connectivity index (χ2v) is 7.87. The number of nitrogens with two attached hydrogens (primary N) is 1. The van der Waals surface area contributed by atoms with Gasteiger partial charge in [0, 0.05) is 24.9 Å². The van der Waals surface area contributed by atoms with E-state index in [0.29, 0.717) is 24.9 Å². The maximum Gasteiger partial charge on any atom is 0.218 e. The standard InChI is InChI=1S/C21H37N3O2/c1-3-18(4-2)23-14-19-15-26-21(24-19)17(13-20(22)25)12-8-11-16-9-6-5-7-10-16/h15-18,23H,3-14H2,1-2H3,(H2,22,25)/t17-/m1/s1. The van der Waals surface area contributed by atoms with Crippen molar-refractivity contribution in [3.8, 4) is 0 Å². The Morgan fingerprint density at radius 3 is 2.69 bits per heavy atom. The first-order valence-corrected chi connectivity index (χ1v) is 10.6. The van der Waals surface area contributed by atoms with Crippen LogP contribution in [0.2, 0.25) is 0 Å². The molecule has 0 spiro atoms. The molecule has 1 fully saturated rings. The van der Waals surface area contributed by atoms with Crippen LogP contribution in [-0.2, 0) is 11.3 Å². The SMILES string of the molecule is CCC(CC)NCc1coc([C@H](CCCC2CCCCC2)CC(N)=O)n1. The Kier molecular flexibility index (Phi) is 9.16. The Labute approximate surface area is 158 Å². The van der Waals surface area contributed by atoms with Crippen LogP contribution in [0.15, 0.2) is 10.7 Å². The maximum absolute atomic E-state index is 11.5. The van der Waals surface area contributed by atoms with Crippen LogP contribution >= 0.6 is 0 Å². The topological polar surface area (TPSA) is 81.1 Å². The molecule has 5 heteroatoms. The van der Waals surface area contributed by atoms with Crippen LogP contribution in [0.25, 0.3) is 0 Å². The first-order chi connectivity index (χ1) is 12.6. The lowest BCUT2D eigenvalue weighted by Gasteiger charge is -2.22. The Bertz CT molecular complexity index is 519. The van der Waals surface area contributed by atoms with Crippen LogP contribution in [0, 0.1) is 5.92 Å². The molecule has 3 N–H and O–H groups in total. The number of hydrogen-bond donors (Lipinski definition) is 2. The fourth-order valence-electron chi connectivity index (χ4n) is 4.10. The molecule has 0 radical (unpaired) electrons. The third kappa shape index (κ3) is 7.10. The van der Waals surface area contributed by atoms with E-state index in [1.165, 1.54) is 38.5 Å². The fraction of sp³-hybridized carbons (Fsp3) is 0.810. The zero-order chi connectivity index (χ0) is 18.8. The van der Waals surface area contributed by atoms with Crippen molar-refractivity contribution >= 4 is 5.91 Å². The monoisotopic (exact) mass is 363 g/mol. The van der Waals surface area contributed by atoms with Gasteiger partial charge in [-0.15, -0.1) is 0 Å². The van der Waals surface area contributed by atoms with Crippen LogP contribution in [0.5, 0.6) is 0 Å². The highest BCUT2D eigenvalue weighted by Crippen LogP contribution is 2.31. The van der Waals surface area contributed by atoms with E-state index in [4.69, 9.17) is 10.2 Å². The molecule has 0 saturated heterocycles. The molecule has 2 rings (SSSR count). The molecule has 1 saturated carbocycles. The van der Waals surface area contributed by atoms with Gasteiger partial charge < -0.3 is 15.5 Å². The smallest absolute Gasteiger partial charge is 0.218 e. The van der Waals surface area contributed by atoms with Crippen molar-refractivity contribution in [1.29, 1.82) is 0 Å². The van der Waals surface area contributed by atoms with Gasteiger partial charge in [-0.3, -0.25) is 4.79 Å². The van der Waals surface area contributed by atoms with Crippen LogP contribution in [-0.4, -0.2) is 16.9 Å². The molecule has 1 aromatic rings. The molecule has 0 bridgehead atoms. The van der Waals surface area contributed by atoms with Crippen molar-refractivity contribution in [2.45, 2.75) is 103 Å². The van der Waals surface area contributed by atoms with Crippen molar-refractivity contribution in [3.05, 3.63) is 17.8 Å². The molecule has 1 aliphatic rings. The molecule has 148 valence electrons. The van der Waals surface area contributed by atoms with Gasteiger partial charge in [-0.1, -0.05) is 58.8 Å². The molecule has 5 nitrogen and oxygen atoms in total. The summed E-state index contributed by atoms with van der Waals surface area (Å²) in [5.41, 5.74) is 6.38. The number of aromatic nitrogens is 1. The summed E-state index contributed by atoms with van der Waals surface area (Å²) in [6.07, 6.45) is 14.4. The molecular formula is C21H37N3O2. The van der Waals surface area contributed by atoms with E-state index in [2.05, 4.69) is 24.1 Å². The molecule has 1 amide bonds. The number of primary amides is 1. The predicted molar refractivity (Wildman–Crippen MR) is 105 cm³/mol. The Morgan fingerprint density at radius 1 is 1.31 bits per heavy atom. The summed E-state index contributed by atoms with van der Waals surface area (Å²) >= 11 is 0. The van der Waals surface area contributed by atoms with Crippen LogP contribution in [0.3, 0.4) is 0 Å². The van der Waals surface area contributed by atoms with E-state index < -0.39 is 0 Å². The number of carbonyl (C=O) groups excluding carboxylic acids is 1. The second-order valence-electron chi connectivity index (χ2n) is 7.87. The van der Waals surface area contributed by atoms with Gasteiger partial charge in [-0.25, -0.2) is 4.98 Å². The van der Waals surface area contributed by atoms with E-state index >= 15 is 0 Å². The summed E-state index contributed by atoms with van der Waals surface area (Å²) in [5, 5.41) is 3.50. The average Bonchev–Trinajstić information content (AvgIpc) is 3.11. The molecule has 0 unspecified atom stereocenters. The van der Waals surface area contributed by atoms with Crippen molar-refractivity contribution in [3.63, 3.8) is 0 Å². The summed E-state index contributed by atoms with van der Waals surface area (Å²) in [4.78, 5) is 16.1. The molecule has 0 aliphatic heterocycles. The van der Waals surface area contributed by atoms with Gasteiger partial charge in [-0.2, -0.15) is 0 Å². The molecule has 26 heavy (non-hydrogen) atoms. The number of amides is 1. The summed E-state index contributed by atoms with van der Waals surface area (Å²) < 4.78 is 5.71. The van der Waals surface area contributed by atoms with E-state index in [1.807, 2.05) is 0 Å². The third-order valence-corrected chi connectivity index (χ3v) is 5.81. The first kappa shape index (κ1) is 20.9. The number of hydrogen-bond acceptors (Lipinski definition) is 4. The molecule has 0 aromatic carbocycles. The second kappa shape index (κ2) is 11.4. The lowest BCUT2D eigenvalue weighted by Crippen LogP contribution is -2.27. The van der Waals surface area contributed by atoms with Crippen LogP contribution in [0.4, 0.5) is 0 Å². The highest BCUT2D eigenvalue weighted by molar-refractivity contribution is 5.74. The third-order valence-electron chi connectivity index (χ3n) is 5.81. The summed E-state index contributed by atoms with van der Waals surface area (Å²) in [6.45, 7) is 5.08. The first-order valence-electron chi connectivity index (χ1n) is 10.6. The highest BCUT2D eigenvalue weighted by atomic mass is 16.3. The molecule has 1 heterocycles. The van der Waals surface area contributed by atoms with Gasteiger partial charge in [0.25, 0.3) is 0 Å². The number of nitrogens with zero attached hydrogens (tertiary/aromatic N) is 1. The van der Waals surface area contributed by atoms with Crippen molar-refractivity contribution in [2.24, 2.45) is 11.7 Å². The fourth-order valence-corrected chi connectivity index (χ4v) is 4.10. The number of oxazole rings is 1. The minimum absolute atomic E-state index is 0.0120. The molecule has 1 aliphatic carbocycles. The Hall–Kier alpha value is -1.36. The summed E-state index contributed by atoms with van der Waals surface area (Å²) in [5.74, 6) is 1.27. The van der Waals surface area contributed by atoms with Gasteiger partial charge in [0.2, 0.25) is 5.91 Å². The predicted octanol–water partition coefficient (Wildman–Crippen LogP) is 4.66. The largest absolute Gasteiger partial charge is 0.448 e. The minimum atomic E-state index is -0.275. The molecule has 1 aromatic heterocycles. The average molecular weight is 364 g/mol. The maximum atomic E-state index is 11.5. The van der Waals surface area contributed by atoms with Crippen molar-refractivity contribution in [1.82, 2.24) is 10.3 Å². The van der Waals surface area contributed by atoms with E-state index in [0.717, 1.165) is 37.3 Å². The number of carbonyl (C=O) groups is 1. The number of nitrogens with one attached hydrogen (secondary N) is 1. The normalized spacial score (nSPS) is 16.9. The van der Waals surface area contributed by atoms with Gasteiger partial charge >= 0.3 is 0 Å². The van der Waals surface area contributed by atoms with Gasteiger partial charge in [0.05, 0.1) is 5.69 Å². The zero-order valence-electron chi connectivity index (χ0n) is 16.6. The Balaban J connectivity index is 1.86. The quantitative estimate of drug-likeness (QED) is 0.566. The van der Waals surface area contributed by atoms with E-state index in [-0.39, 0.29) is 11.8 Å². The molecule has 1 atom stereocenters. The summed E-state index contributed by atoms with van der Waals surface area (Å²) in [7, 11) is 0. The van der Waals surface area contributed by atoms with E-state index in [1.54, 1.807) is 6.26 Å². The summed E-state index contributed by atoms with van der Waals surface area (Å²) in [6, 6.07) is 0.507. The van der Waals surface area contributed by atoms with Gasteiger partial charge in [-0.05, 0) is 25.2 Å². The van der Waals surface area contributed by atoms with Crippen LogP contribution in [0.1, 0.15) is 102 Å². The van der Waals surface area contributed by atoms with E-state index in [9.17, 15) is 4.79 Å². The zero-order valence-corrected chi connectivity index (χ0v) is 16.6.